The fourth-order valence-corrected chi connectivity index (χ4v) is 2.67. The zero-order valence-electron chi connectivity index (χ0n) is 11.9. The molecule has 2 aromatic rings. The summed E-state index contributed by atoms with van der Waals surface area (Å²) in [6, 6.07) is 19.4. The van der Waals surface area contributed by atoms with E-state index in [9.17, 15) is 0 Å². The SMILES string of the molecule is CC(C)(C)c1ccc(SC[CH]c2ccccc2)cc1. The van der Waals surface area contributed by atoms with Gasteiger partial charge in [0.05, 0.1) is 0 Å². The van der Waals surface area contributed by atoms with E-state index in [1.165, 1.54) is 16.0 Å². The Hall–Kier alpha value is -1.21. The van der Waals surface area contributed by atoms with Crippen LogP contribution < -0.4 is 0 Å². The molecule has 1 heteroatoms. The summed E-state index contributed by atoms with van der Waals surface area (Å²) in [5.41, 5.74) is 2.92. The molecule has 0 saturated carbocycles. The largest absolute Gasteiger partial charge is 0.126 e. The molecule has 0 N–H and O–H groups in total. The predicted molar refractivity (Wildman–Crippen MR) is 85.7 cm³/mol. The first-order valence-electron chi connectivity index (χ1n) is 6.67. The molecule has 0 aliphatic rings. The maximum absolute atomic E-state index is 2.27. The van der Waals surface area contributed by atoms with Gasteiger partial charge in [0.15, 0.2) is 0 Å². The van der Waals surface area contributed by atoms with Crippen LogP contribution in [0, 0.1) is 6.42 Å². The zero-order valence-corrected chi connectivity index (χ0v) is 12.7. The van der Waals surface area contributed by atoms with Crippen LogP contribution in [0.4, 0.5) is 0 Å². The second kappa shape index (κ2) is 6.29. The summed E-state index contributed by atoms with van der Waals surface area (Å²) in [5.74, 6) is 1.01. The van der Waals surface area contributed by atoms with Crippen LogP contribution in [-0.2, 0) is 5.41 Å². The van der Waals surface area contributed by atoms with Gasteiger partial charge < -0.3 is 0 Å². The molecule has 0 heterocycles. The molecule has 0 aliphatic carbocycles. The molecule has 19 heavy (non-hydrogen) atoms. The maximum Gasteiger partial charge on any atom is 0.00723 e. The first-order chi connectivity index (χ1) is 9.05. The third-order valence-corrected chi connectivity index (χ3v) is 4.03. The van der Waals surface area contributed by atoms with Crippen molar-refractivity contribution in [1.82, 2.24) is 0 Å². The van der Waals surface area contributed by atoms with Gasteiger partial charge in [0.2, 0.25) is 0 Å². The van der Waals surface area contributed by atoms with Crippen molar-refractivity contribution in [3.05, 3.63) is 72.1 Å². The highest BCUT2D eigenvalue weighted by Gasteiger charge is 2.12. The maximum atomic E-state index is 2.27. The van der Waals surface area contributed by atoms with Crippen LogP contribution in [0.1, 0.15) is 31.9 Å². The van der Waals surface area contributed by atoms with Crippen molar-refractivity contribution in [2.75, 3.05) is 5.75 Å². The molecule has 0 nitrogen and oxygen atoms in total. The normalized spacial score (nSPS) is 11.5. The lowest BCUT2D eigenvalue weighted by atomic mass is 9.87. The number of benzene rings is 2. The topological polar surface area (TPSA) is 0 Å². The molecule has 0 aliphatic heterocycles. The zero-order chi connectivity index (χ0) is 13.7. The Morgan fingerprint density at radius 2 is 1.53 bits per heavy atom. The van der Waals surface area contributed by atoms with Gasteiger partial charge in [0, 0.05) is 17.1 Å². The smallest absolute Gasteiger partial charge is 0.00723 e. The molecular weight excluding hydrogens is 248 g/mol. The molecule has 0 aromatic heterocycles. The first kappa shape index (κ1) is 14.2. The standard InChI is InChI=1S/C18H21S/c1-18(2,3)16-9-11-17(12-10-16)19-14-13-15-7-5-4-6-8-15/h4-13H,14H2,1-3H3. The van der Waals surface area contributed by atoms with Crippen LogP contribution in [0.3, 0.4) is 0 Å². The Morgan fingerprint density at radius 3 is 2.11 bits per heavy atom. The van der Waals surface area contributed by atoms with Crippen molar-refractivity contribution >= 4 is 11.8 Å². The molecule has 0 spiro atoms. The Balaban J connectivity index is 1.87. The van der Waals surface area contributed by atoms with E-state index in [0.717, 1.165) is 5.75 Å². The summed E-state index contributed by atoms with van der Waals surface area (Å²) in [7, 11) is 0. The van der Waals surface area contributed by atoms with Gasteiger partial charge >= 0.3 is 0 Å². The monoisotopic (exact) mass is 269 g/mol. The Bertz CT molecular complexity index is 491. The van der Waals surface area contributed by atoms with Crippen LogP contribution in [0.2, 0.25) is 0 Å². The quantitative estimate of drug-likeness (QED) is 0.676. The molecule has 99 valence electrons. The number of thioether (sulfide) groups is 1. The molecule has 2 rings (SSSR count). The van der Waals surface area contributed by atoms with Gasteiger partial charge in [-0.25, -0.2) is 0 Å². The Labute approximate surface area is 121 Å². The van der Waals surface area contributed by atoms with Crippen molar-refractivity contribution < 1.29 is 0 Å². The minimum Gasteiger partial charge on any atom is -0.126 e. The van der Waals surface area contributed by atoms with Crippen LogP contribution in [0.5, 0.6) is 0 Å². The highest BCUT2D eigenvalue weighted by Crippen LogP contribution is 2.26. The van der Waals surface area contributed by atoms with Gasteiger partial charge in [-0.2, -0.15) is 0 Å². The molecule has 0 bridgehead atoms. The second-order valence-corrected chi connectivity index (χ2v) is 6.79. The summed E-state index contributed by atoms with van der Waals surface area (Å²) >= 11 is 1.88. The molecule has 0 atom stereocenters. The molecule has 0 amide bonds. The van der Waals surface area contributed by atoms with E-state index < -0.39 is 0 Å². The van der Waals surface area contributed by atoms with Crippen molar-refractivity contribution in [1.29, 1.82) is 0 Å². The summed E-state index contributed by atoms with van der Waals surface area (Å²) in [5, 5.41) is 0. The minimum absolute atomic E-state index is 0.235. The Kier molecular flexibility index (Phi) is 4.71. The van der Waals surface area contributed by atoms with Gasteiger partial charge in [-0.3, -0.25) is 0 Å². The number of hydrogen-bond donors (Lipinski definition) is 0. The minimum atomic E-state index is 0.235. The Morgan fingerprint density at radius 1 is 0.895 bits per heavy atom. The molecular formula is C18H21S. The average molecular weight is 269 g/mol. The molecule has 0 saturated heterocycles. The second-order valence-electron chi connectivity index (χ2n) is 5.70. The van der Waals surface area contributed by atoms with E-state index in [0.29, 0.717) is 0 Å². The highest BCUT2D eigenvalue weighted by molar-refractivity contribution is 7.99. The van der Waals surface area contributed by atoms with E-state index in [2.05, 4.69) is 81.8 Å². The summed E-state index contributed by atoms with van der Waals surface area (Å²) in [6.45, 7) is 6.75. The third kappa shape index (κ3) is 4.43. The highest BCUT2D eigenvalue weighted by atomic mass is 32.2. The third-order valence-electron chi connectivity index (χ3n) is 3.09. The first-order valence-corrected chi connectivity index (χ1v) is 7.66. The molecule has 0 unspecified atom stereocenters. The van der Waals surface area contributed by atoms with Crippen molar-refractivity contribution in [2.24, 2.45) is 0 Å². The van der Waals surface area contributed by atoms with Crippen LogP contribution >= 0.6 is 11.8 Å². The lowest BCUT2D eigenvalue weighted by Crippen LogP contribution is -2.10. The summed E-state index contributed by atoms with van der Waals surface area (Å²) in [6.07, 6.45) is 2.27. The molecule has 0 fully saturated rings. The fourth-order valence-electron chi connectivity index (χ4n) is 1.87. The van der Waals surface area contributed by atoms with E-state index in [-0.39, 0.29) is 5.41 Å². The number of rotatable bonds is 4. The van der Waals surface area contributed by atoms with Crippen molar-refractivity contribution in [3.8, 4) is 0 Å². The fraction of sp³-hybridized carbons (Fsp3) is 0.278. The van der Waals surface area contributed by atoms with Crippen LogP contribution in [-0.4, -0.2) is 5.75 Å². The summed E-state index contributed by atoms with van der Waals surface area (Å²) < 4.78 is 0. The lowest BCUT2D eigenvalue weighted by Gasteiger charge is -2.19. The van der Waals surface area contributed by atoms with Gasteiger partial charge in [-0.1, -0.05) is 63.2 Å². The van der Waals surface area contributed by atoms with E-state index in [1.807, 2.05) is 11.8 Å². The van der Waals surface area contributed by atoms with Gasteiger partial charge in [0.25, 0.3) is 0 Å². The van der Waals surface area contributed by atoms with Crippen molar-refractivity contribution in [2.45, 2.75) is 31.1 Å². The van der Waals surface area contributed by atoms with Gasteiger partial charge in [-0.15, -0.1) is 11.8 Å². The van der Waals surface area contributed by atoms with E-state index >= 15 is 0 Å². The predicted octanol–water partition coefficient (Wildman–Crippen LogP) is 5.33. The van der Waals surface area contributed by atoms with E-state index in [4.69, 9.17) is 0 Å². The lowest BCUT2D eigenvalue weighted by molar-refractivity contribution is 0.590. The van der Waals surface area contributed by atoms with Crippen LogP contribution in [0.15, 0.2) is 59.5 Å². The average Bonchev–Trinajstić information content (AvgIpc) is 2.39. The van der Waals surface area contributed by atoms with E-state index in [1.54, 1.807) is 0 Å². The molecule has 2 aromatic carbocycles. The van der Waals surface area contributed by atoms with Gasteiger partial charge in [-0.05, 0) is 28.7 Å². The van der Waals surface area contributed by atoms with Crippen LogP contribution in [0.25, 0.3) is 0 Å². The van der Waals surface area contributed by atoms with Crippen molar-refractivity contribution in [3.63, 3.8) is 0 Å². The molecule has 1 radical (unpaired) electrons. The number of hydrogen-bond acceptors (Lipinski definition) is 1. The summed E-state index contributed by atoms with van der Waals surface area (Å²) in [4.78, 5) is 1.33. The van der Waals surface area contributed by atoms with Gasteiger partial charge in [0.1, 0.15) is 0 Å².